The topological polar surface area (TPSA) is 45.5 Å². The maximum atomic E-state index is 5.67. The molecule has 23 rings (SSSR count). The number of benzene rings is 16. The van der Waals surface area contributed by atoms with E-state index in [-0.39, 0.29) is 10.8 Å². The van der Waals surface area contributed by atoms with Crippen LogP contribution in [0, 0.1) is 0 Å². The molecular weight excluding hydrogens is 1310 g/mol. The van der Waals surface area contributed by atoms with Crippen molar-refractivity contribution in [1.82, 2.24) is 28.2 Å². The van der Waals surface area contributed by atoms with Crippen molar-refractivity contribution < 1.29 is 0 Å². The molecule has 0 saturated carbocycles. The molecule has 0 atom stereocenters. The van der Waals surface area contributed by atoms with Crippen LogP contribution in [0.1, 0.15) is 49.9 Å². The van der Waals surface area contributed by atoms with E-state index in [2.05, 4.69) is 386 Å². The van der Waals surface area contributed by atoms with E-state index in [0.29, 0.717) is 5.82 Å². The van der Waals surface area contributed by atoms with Gasteiger partial charge in [-0.3, -0.25) is 0 Å². The van der Waals surface area contributed by atoms with Gasteiger partial charge in [0.2, 0.25) is 0 Å². The quantitative estimate of drug-likeness (QED) is 0.142. The lowest BCUT2D eigenvalue weighted by Gasteiger charge is -2.22. The Labute approximate surface area is 623 Å². The summed E-state index contributed by atoms with van der Waals surface area (Å²) in [6.45, 7) is 9.45. The van der Waals surface area contributed by atoms with E-state index >= 15 is 0 Å². The molecule has 0 fully saturated rings. The fourth-order valence-corrected chi connectivity index (χ4v) is 19.2. The minimum atomic E-state index is -0.102. The van der Waals surface area contributed by atoms with Crippen molar-refractivity contribution >= 4 is 109 Å². The van der Waals surface area contributed by atoms with Crippen LogP contribution >= 0.6 is 0 Å². The predicted molar refractivity (Wildman–Crippen MR) is 451 cm³/mol. The summed E-state index contributed by atoms with van der Waals surface area (Å²) < 4.78 is 9.76. The first-order valence-electron chi connectivity index (χ1n) is 37.6. The van der Waals surface area contributed by atoms with E-state index in [0.717, 1.165) is 71.9 Å². The average Bonchev–Trinajstić information content (AvgIpc) is 1.55. The number of hydrogen-bond acceptors (Lipinski definition) is 2. The van der Waals surface area contributed by atoms with Crippen molar-refractivity contribution in [3.05, 3.63) is 362 Å². The maximum absolute atomic E-state index is 5.67. The first kappa shape index (κ1) is 60.7. The zero-order valence-electron chi connectivity index (χ0n) is 60.0. The molecule has 2 aliphatic rings. The predicted octanol–water partition coefficient (Wildman–Crippen LogP) is 26.5. The van der Waals surface area contributed by atoms with Crippen LogP contribution in [-0.4, -0.2) is 28.2 Å². The highest BCUT2D eigenvalue weighted by atomic mass is 15.0. The third-order valence-corrected chi connectivity index (χ3v) is 24.3. The largest absolute Gasteiger partial charge is 0.309 e. The van der Waals surface area contributed by atoms with Gasteiger partial charge in [-0.15, -0.1) is 0 Å². The summed E-state index contributed by atoms with van der Waals surface area (Å²) in [5, 5.41) is 12.9. The van der Waals surface area contributed by atoms with Gasteiger partial charge in [-0.2, -0.15) is 0 Å². The smallest absolute Gasteiger partial charge is 0.160 e. The second-order valence-electron chi connectivity index (χ2n) is 30.8. The van der Waals surface area contributed by atoms with E-state index in [9.17, 15) is 0 Å². The highest BCUT2D eigenvalue weighted by molar-refractivity contribution is 6.16. The molecule has 0 amide bonds. The fourth-order valence-electron chi connectivity index (χ4n) is 19.2. The standard InChI is InChI=1S/C102H68N6/c1-101(2)86-33-13-7-27-73(86)75-47-44-70(59-88(75)101)107-92-37-17-11-31-79(92)84-57-64(42-51-96(84)107)62-40-49-94-82(55-62)77-29-9-15-35-90(77)105(94)68-24-19-22-66(53-68)98-81-46-39-61-21-5-6-26-72(61)99(81)104-100(103-98)67-23-20-25-69(54-67)106-91-36-16-10-30-78(91)83-56-63(41-50-95(83)106)65-43-52-97-85(58-65)80-32-12-18-38-93(80)108(97)71-45-48-76-74-28-8-14-34-87(74)102(3,4)89(76)60-71/h5-60H,1-4H3. The number of rotatable bonds is 8. The Morgan fingerprint density at radius 3 is 1.01 bits per heavy atom. The monoisotopic (exact) mass is 1380 g/mol. The maximum Gasteiger partial charge on any atom is 0.160 e. The molecule has 0 radical (unpaired) electrons. The van der Waals surface area contributed by atoms with Gasteiger partial charge < -0.3 is 18.3 Å². The molecule has 2 aliphatic carbocycles. The van der Waals surface area contributed by atoms with E-state index in [1.54, 1.807) is 0 Å². The molecule has 0 bridgehead atoms. The first-order chi connectivity index (χ1) is 53.1. The number of aromatic nitrogens is 6. The summed E-state index contributed by atoms with van der Waals surface area (Å²) in [4.78, 5) is 11.2. The number of nitrogens with zero attached hydrogens (tertiary/aromatic N) is 6. The molecule has 6 nitrogen and oxygen atoms in total. The second kappa shape index (κ2) is 22.4. The van der Waals surface area contributed by atoms with E-state index < -0.39 is 0 Å². The molecule has 0 saturated heterocycles. The van der Waals surface area contributed by atoms with Gasteiger partial charge in [0.05, 0.1) is 55.3 Å². The van der Waals surface area contributed by atoms with Gasteiger partial charge in [-0.25, -0.2) is 9.97 Å². The van der Waals surface area contributed by atoms with E-state index in [1.807, 2.05) is 0 Å². The summed E-state index contributed by atoms with van der Waals surface area (Å²) in [5.74, 6) is 0.664. The Kier molecular flexibility index (Phi) is 12.6. The Balaban J connectivity index is 0.608. The van der Waals surface area contributed by atoms with Crippen molar-refractivity contribution in [1.29, 1.82) is 0 Å². The molecule has 506 valence electrons. The van der Waals surface area contributed by atoms with Crippen LogP contribution in [0.15, 0.2) is 340 Å². The van der Waals surface area contributed by atoms with Crippen LogP contribution in [0.4, 0.5) is 0 Å². The van der Waals surface area contributed by atoms with Crippen LogP contribution in [-0.2, 0) is 10.8 Å². The van der Waals surface area contributed by atoms with Gasteiger partial charge in [-0.1, -0.05) is 240 Å². The molecule has 0 spiro atoms. The van der Waals surface area contributed by atoms with Crippen LogP contribution in [0.3, 0.4) is 0 Å². The summed E-state index contributed by atoms with van der Waals surface area (Å²) in [5.41, 5.74) is 32.9. The van der Waals surface area contributed by atoms with Crippen LogP contribution in [0.2, 0.25) is 0 Å². The Hall–Kier alpha value is -13.7. The molecule has 0 unspecified atom stereocenters. The fraction of sp³-hybridized carbons (Fsp3) is 0.0588. The Morgan fingerprint density at radius 2 is 0.565 bits per heavy atom. The summed E-state index contributed by atoms with van der Waals surface area (Å²) in [6, 6.07) is 126. The molecule has 21 aromatic rings. The highest BCUT2D eigenvalue weighted by Gasteiger charge is 2.37. The van der Waals surface area contributed by atoms with Gasteiger partial charge >= 0.3 is 0 Å². The van der Waals surface area contributed by atoms with Gasteiger partial charge in [0.1, 0.15) is 0 Å². The molecule has 0 aliphatic heterocycles. The molecule has 0 N–H and O–H groups in total. The van der Waals surface area contributed by atoms with Crippen LogP contribution in [0.5, 0.6) is 0 Å². The van der Waals surface area contributed by atoms with Crippen molar-refractivity contribution in [2.75, 3.05) is 0 Å². The molecule has 16 aromatic carbocycles. The molecular formula is C102H68N6. The van der Waals surface area contributed by atoms with Gasteiger partial charge in [0, 0.05) is 98.6 Å². The molecule has 108 heavy (non-hydrogen) atoms. The lowest BCUT2D eigenvalue weighted by Crippen LogP contribution is -2.15. The lowest BCUT2D eigenvalue weighted by molar-refractivity contribution is 0.660. The minimum absolute atomic E-state index is 0.102. The zero-order chi connectivity index (χ0) is 71.4. The third-order valence-electron chi connectivity index (χ3n) is 24.3. The first-order valence-corrected chi connectivity index (χ1v) is 37.6. The minimum Gasteiger partial charge on any atom is -0.309 e. The zero-order valence-corrected chi connectivity index (χ0v) is 60.0. The number of hydrogen-bond donors (Lipinski definition) is 0. The SMILES string of the molecule is CC1(C)c2ccccc2-c2ccc(-n3c4ccccc4c4cc(-c5ccc6c(c5)c5ccccc5n6-c5cccc(-c6nc(-c7cccc(-n8c9ccccc9c9cc(-c%10ccc%11c(c%10)c%10ccccc%10n%11-c%10ccc%11c(c%10)C(C)(C)c%10ccccc%10-%11)ccc98)c7)c7ccc8ccccc8c7n6)c5)ccc43)cc21. The summed E-state index contributed by atoms with van der Waals surface area (Å²) in [6.07, 6.45) is 0. The lowest BCUT2D eigenvalue weighted by atomic mass is 9.82. The van der Waals surface area contributed by atoms with Crippen molar-refractivity contribution in [2.45, 2.75) is 38.5 Å². The average molecular weight is 1380 g/mol. The third kappa shape index (κ3) is 8.65. The normalized spacial score (nSPS) is 13.5. The van der Waals surface area contributed by atoms with Crippen LogP contribution < -0.4 is 0 Å². The second-order valence-corrected chi connectivity index (χ2v) is 30.8. The summed E-state index contributed by atoms with van der Waals surface area (Å²) in [7, 11) is 0. The molecule has 6 heteroatoms. The summed E-state index contributed by atoms with van der Waals surface area (Å²) >= 11 is 0. The van der Waals surface area contributed by atoms with Gasteiger partial charge in [0.15, 0.2) is 5.82 Å². The van der Waals surface area contributed by atoms with Crippen molar-refractivity contribution in [2.24, 2.45) is 0 Å². The number of para-hydroxylation sites is 4. The van der Waals surface area contributed by atoms with E-state index in [4.69, 9.17) is 9.97 Å². The van der Waals surface area contributed by atoms with Gasteiger partial charge in [-0.05, 0) is 200 Å². The van der Waals surface area contributed by atoms with Crippen molar-refractivity contribution in [3.63, 3.8) is 0 Å². The highest BCUT2D eigenvalue weighted by Crippen LogP contribution is 2.52. The van der Waals surface area contributed by atoms with Crippen LogP contribution in [0.25, 0.3) is 199 Å². The number of fused-ring (bicyclic) bond motifs is 21. The van der Waals surface area contributed by atoms with E-state index in [1.165, 1.54) is 143 Å². The Morgan fingerprint density at radius 1 is 0.213 bits per heavy atom. The molecule has 5 heterocycles. The molecule has 5 aromatic heterocycles. The van der Waals surface area contributed by atoms with Crippen molar-refractivity contribution in [3.8, 4) is 89.9 Å². The van der Waals surface area contributed by atoms with Gasteiger partial charge in [0.25, 0.3) is 0 Å². The Bertz CT molecular complexity index is 7510.